The average Bonchev–Trinajstić information content (AvgIpc) is 2.95. The highest BCUT2D eigenvalue weighted by atomic mass is 16.5. The lowest BCUT2D eigenvalue weighted by molar-refractivity contribution is -0.147. The second kappa shape index (κ2) is 4.00. The fourth-order valence-corrected chi connectivity index (χ4v) is 2.40. The van der Waals surface area contributed by atoms with Crippen molar-refractivity contribution in [3.05, 3.63) is 0 Å². The van der Waals surface area contributed by atoms with E-state index < -0.39 is 5.41 Å². The van der Waals surface area contributed by atoms with Crippen LogP contribution in [0.5, 0.6) is 0 Å². The van der Waals surface area contributed by atoms with E-state index in [2.05, 4.69) is 18.8 Å². The molecule has 0 bridgehead atoms. The normalized spacial score (nSPS) is 28.9. The van der Waals surface area contributed by atoms with Crippen molar-refractivity contribution in [1.29, 1.82) is 0 Å². The van der Waals surface area contributed by atoms with Crippen LogP contribution in [0, 0.1) is 5.41 Å². The Labute approximate surface area is 102 Å². The number of aliphatic imine (C=N–C) groups is 1. The van der Waals surface area contributed by atoms with Gasteiger partial charge in [-0.15, -0.1) is 0 Å². The topological polar surface area (TPSA) is 47.9 Å². The van der Waals surface area contributed by atoms with Gasteiger partial charge in [0.1, 0.15) is 5.41 Å². The summed E-state index contributed by atoms with van der Waals surface area (Å²) in [6.45, 7) is 8.41. The summed E-state index contributed by atoms with van der Waals surface area (Å²) in [5.41, 5.74) is -0.711. The Kier molecular flexibility index (Phi) is 2.92. The van der Waals surface area contributed by atoms with Gasteiger partial charge in [0.05, 0.1) is 18.2 Å². The van der Waals surface area contributed by atoms with Crippen LogP contribution < -0.4 is 0 Å². The van der Waals surface area contributed by atoms with Crippen LogP contribution in [0.4, 0.5) is 0 Å². The van der Waals surface area contributed by atoms with E-state index in [4.69, 9.17) is 9.47 Å². The van der Waals surface area contributed by atoms with Crippen molar-refractivity contribution < 1.29 is 14.3 Å². The molecule has 0 aromatic carbocycles. The molecule has 1 aliphatic carbocycles. The zero-order valence-corrected chi connectivity index (χ0v) is 11.1. The van der Waals surface area contributed by atoms with Crippen LogP contribution >= 0.6 is 0 Å². The lowest BCUT2D eigenvalue weighted by atomic mass is 9.95. The summed E-state index contributed by atoms with van der Waals surface area (Å²) in [6.07, 6.45) is 2.60. The van der Waals surface area contributed by atoms with Crippen molar-refractivity contribution in [2.24, 2.45) is 10.4 Å². The number of carbonyl (C=O) groups is 1. The van der Waals surface area contributed by atoms with Crippen LogP contribution in [0.25, 0.3) is 0 Å². The van der Waals surface area contributed by atoms with E-state index in [9.17, 15) is 4.79 Å². The summed E-state index contributed by atoms with van der Waals surface area (Å²) in [4.78, 5) is 16.6. The summed E-state index contributed by atoms with van der Waals surface area (Å²) >= 11 is 0. The quantitative estimate of drug-likeness (QED) is 0.710. The molecule has 0 aromatic rings. The Bertz CT molecular complexity index is 356. The van der Waals surface area contributed by atoms with Gasteiger partial charge in [0.2, 0.25) is 5.90 Å². The van der Waals surface area contributed by atoms with Crippen molar-refractivity contribution in [2.75, 3.05) is 6.61 Å². The zero-order chi connectivity index (χ0) is 12.7. The van der Waals surface area contributed by atoms with E-state index in [1.165, 1.54) is 0 Å². The molecule has 1 fully saturated rings. The first-order chi connectivity index (χ1) is 7.89. The summed E-state index contributed by atoms with van der Waals surface area (Å²) in [5, 5.41) is 0. The molecular weight excluding hydrogens is 218 g/mol. The summed E-state index contributed by atoms with van der Waals surface area (Å²) < 4.78 is 10.9. The van der Waals surface area contributed by atoms with Gasteiger partial charge in [-0.05, 0) is 40.5 Å². The fraction of sp³-hybridized carbons (Fsp3) is 0.846. The minimum absolute atomic E-state index is 0.115. The van der Waals surface area contributed by atoms with Crippen molar-refractivity contribution in [1.82, 2.24) is 0 Å². The Morgan fingerprint density at radius 1 is 1.53 bits per heavy atom. The molecule has 1 saturated carbocycles. The van der Waals surface area contributed by atoms with E-state index in [1.807, 2.05) is 13.8 Å². The van der Waals surface area contributed by atoms with E-state index in [0.29, 0.717) is 12.5 Å². The molecule has 4 nitrogen and oxygen atoms in total. The van der Waals surface area contributed by atoms with Crippen molar-refractivity contribution >= 4 is 11.9 Å². The molecule has 0 N–H and O–H groups in total. The second-order valence-electron chi connectivity index (χ2n) is 5.66. The molecular formula is C13H21NO3. The minimum atomic E-state index is -0.568. The Morgan fingerprint density at radius 2 is 2.18 bits per heavy atom. The molecule has 1 aliphatic heterocycles. The van der Waals surface area contributed by atoms with Crippen LogP contribution in [-0.4, -0.2) is 30.1 Å². The number of hydrogen-bond donors (Lipinski definition) is 0. The smallest absolute Gasteiger partial charge is 0.321 e. The Hall–Kier alpha value is -1.06. The molecule has 2 aliphatic rings. The predicted molar refractivity (Wildman–Crippen MR) is 65.0 cm³/mol. The molecule has 2 rings (SSSR count). The monoisotopic (exact) mass is 239 g/mol. The fourth-order valence-electron chi connectivity index (χ4n) is 2.40. The van der Waals surface area contributed by atoms with Gasteiger partial charge in [0, 0.05) is 6.42 Å². The zero-order valence-electron chi connectivity index (χ0n) is 11.1. The number of nitrogens with zero attached hydrogens (tertiary/aromatic N) is 1. The van der Waals surface area contributed by atoms with E-state index in [-0.39, 0.29) is 17.6 Å². The maximum atomic E-state index is 12.0. The molecule has 0 amide bonds. The SMILES string of the molecule is CCOC(=O)C1(C2=NC(C)(C)CC(C)O2)CC1. The van der Waals surface area contributed by atoms with Crippen molar-refractivity contribution in [3.63, 3.8) is 0 Å². The third-order valence-electron chi connectivity index (χ3n) is 3.33. The van der Waals surface area contributed by atoms with Crippen LogP contribution in [0.15, 0.2) is 4.99 Å². The van der Waals surface area contributed by atoms with E-state index in [1.54, 1.807) is 0 Å². The predicted octanol–water partition coefficient (Wildman–Crippen LogP) is 2.32. The van der Waals surface area contributed by atoms with Gasteiger partial charge in [0.25, 0.3) is 0 Å². The first kappa shape index (κ1) is 12.4. The third kappa shape index (κ3) is 2.31. The number of esters is 1. The molecule has 4 heteroatoms. The summed E-state index contributed by atoms with van der Waals surface area (Å²) in [6, 6.07) is 0. The number of hydrogen-bond acceptors (Lipinski definition) is 4. The van der Waals surface area contributed by atoms with Gasteiger partial charge in [-0.2, -0.15) is 0 Å². The highest BCUT2D eigenvalue weighted by Crippen LogP contribution is 2.50. The first-order valence-electron chi connectivity index (χ1n) is 6.34. The molecule has 0 aromatic heterocycles. The minimum Gasteiger partial charge on any atom is -0.477 e. The molecule has 0 spiro atoms. The van der Waals surface area contributed by atoms with Gasteiger partial charge in [0.15, 0.2) is 0 Å². The molecule has 1 unspecified atom stereocenters. The van der Waals surface area contributed by atoms with Gasteiger partial charge in [-0.1, -0.05) is 0 Å². The summed E-state index contributed by atoms with van der Waals surface area (Å²) in [7, 11) is 0. The lowest BCUT2D eigenvalue weighted by Gasteiger charge is -2.33. The van der Waals surface area contributed by atoms with Crippen LogP contribution in [0.1, 0.15) is 47.0 Å². The van der Waals surface area contributed by atoms with Crippen LogP contribution in [-0.2, 0) is 14.3 Å². The highest BCUT2D eigenvalue weighted by Gasteiger charge is 2.59. The van der Waals surface area contributed by atoms with Crippen LogP contribution in [0.3, 0.4) is 0 Å². The summed E-state index contributed by atoms with van der Waals surface area (Å²) in [5.74, 6) is 0.420. The highest BCUT2D eigenvalue weighted by molar-refractivity contribution is 6.06. The third-order valence-corrected chi connectivity index (χ3v) is 3.33. The molecule has 0 saturated heterocycles. The van der Waals surface area contributed by atoms with Gasteiger partial charge < -0.3 is 9.47 Å². The lowest BCUT2D eigenvalue weighted by Crippen LogP contribution is -2.40. The standard InChI is InChI=1S/C13H21NO3/c1-5-16-11(15)13(6-7-13)10-14-12(3,4)8-9(2)17-10/h9H,5-8H2,1-4H3. The van der Waals surface area contributed by atoms with Crippen molar-refractivity contribution in [2.45, 2.75) is 58.6 Å². The maximum absolute atomic E-state index is 12.0. The Balaban J connectivity index is 2.22. The maximum Gasteiger partial charge on any atom is 0.321 e. The molecule has 96 valence electrons. The average molecular weight is 239 g/mol. The van der Waals surface area contributed by atoms with Gasteiger partial charge in [-0.25, -0.2) is 4.99 Å². The first-order valence-corrected chi connectivity index (χ1v) is 6.34. The molecule has 1 atom stereocenters. The molecule has 0 radical (unpaired) electrons. The number of carbonyl (C=O) groups excluding carboxylic acids is 1. The Morgan fingerprint density at radius 3 is 2.65 bits per heavy atom. The van der Waals surface area contributed by atoms with Gasteiger partial charge in [-0.3, -0.25) is 4.79 Å². The van der Waals surface area contributed by atoms with E-state index >= 15 is 0 Å². The largest absolute Gasteiger partial charge is 0.477 e. The second-order valence-corrected chi connectivity index (χ2v) is 5.66. The molecule has 1 heterocycles. The van der Waals surface area contributed by atoms with Gasteiger partial charge >= 0.3 is 5.97 Å². The van der Waals surface area contributed by atoms with E-state index in [0.717, 1.165) is 19.3 Å². The molecule has 17 heavy (non-hydrogen) atoms. The van der Waals surface area contributed by atoms with Crippen molar-refractivity contribution in [3.8, 4) is 0 Å². The number of ether oxygens (including phenoxy) is 2. The number of rotatable bonds is 3. The van der Waals surface area contributed by atoms with Crippen LogP contribution in [0.2, 0.25) is 0 Å².